The van der Waals surface area contributed by atoms with Crippen molar-refractivity contribution in [2.45, 2.75) is 50.7 Å². The van der Waals surface area contributed by atoms with Crippen LogP contribution in [0.5, 0.6) is 0 Å². The van der Waals surface area contributed by atoms with Crippen LogP contribution in [-0.2, 0) is 9.53 Å². The molecule has 0 spiro atoms. The number of ether oxygens (including phenoxy) is 1. The van der Waals surface area contributed by atoms with Gasteiger partial charge in [0.1, 0.15) is 0 Å². The third-order valence-corrected chi connectivity index (χ3v) is 3.88. The van der Waals surface area contributed by atoms with Crippen molar-refractivity contribution < 1.29 is 9.53 Å². The van der Waals surface area contributed by atoms with Crippen molar-refractivity contribution in [3.63, 3.8) is 0 Å². The summed E-state index contributed by atoms with van der Waals surface area (Å²) in [5.41, 5.74) is 5.45. The number of nitrogens with two attached hydrogens (primary N) is 1. The van der Waals surface area contributed by atoms with Crippen molar-refractivity contribution >= 4 is 5.91 Å². The second-order valence-corrected chi connectivity index (χ2v) is 5.36. The molecule has 104 valence electrons. The molecule has 2 aliphatic rings. The van der Waals surface area contributed by atoms with Gasteiger partial charge in [-0.05, 0) is 25.7 Å². The van der Waals surface area contributed by atoms with Crippen LogP contribution in [0.25, 0.3) is 0 Å². The number of primary amides is 1. The van der Waals surface area contributed by atoms with E-state index in [9.17, 15) is 4.79 Å². The van der Waals surface area contributed by atoms with Gasteiger partial charge in [-0.15, -0.1) is 0 Å². The molecule has 5 heteroatoms. The van der Waals surface area contributed by atoms with Crippen LogP contribution in [0.2, 0.25) is 0 Å². The summed E-state index contributed by atoms with van der Waals surface area (Å²) in [6, 6.07) is 0.847. The molecule has 3 N–H and O–H groups in total. The van der Waals surface area contributed by atoms with E-state index >= 15 is 0 Å². The summed E-state index contributed by atoms with van der Waals surface area (Å²) in [4.78, 5) is 13.8. The Morgan fingerprint density at radius 2 is 2.33 bits per heavy atom. The molecule has 0 aromatic carbocycles. The van der Waals surface area contributed by atoms with Crippen molar-refractivity contribution in [1.29, 1.82) is 0 Å². The fraction of sp³-hybridized carbons (Fsp3) is 0.923. The van der Waals surface area contributed by atoms with Crippen LogP contribution in [-0.4, -0.2) is 55.2 Å². The van der Waals surface area contributed by atoms with Crippen LogP contribution >= 0.6 is 0 Å². The molecule has 1 heterocycles. The lowest BCUT2D eigenvalue weighted by Crippen LogP contribution is -2.49. The van der Waals surface area contributed by atoms with Crippen LogP contribution in [0.15, 0.2) is 0 Å². The molecule has 0 aromatic heterocycles. The van der Waals surface area contributed by atoms with Gasteiger partial charge in [0.05, 0.1) is 19.3 Å². The van der Waals surface area contributed by atoms with Crippen molar-refractivity contribution in [2.75, 3.05) is 26.3 Å². The van der Waals surface area contributed by atoms with E-state index < -0.39 is 0 Å². The lowest BCUT2D eigenvalue weighted by Gasteiger charge is -2.35. The van der Waals surface area contributed by atoms with Gasteiger partial charge in [0.25, 0.3) is 0 Å². The van der Waals surface area contributed by atoms with E-state index in [2.05, 4.69) is 17.1 Å². The monoisotopic (exact) mass is 255 g/mol. The van der Waals surface area contributed by atoms with Crippen LogP contribution < -0.4 is 11.1 Å². The Labute approximate surface area is 109 Å². The number of amides is 1. The van der Waals surface area contributed by atoms with E-state index in [1.165, 1.54) is 12.8 Å². The van der Waals surface area contributed by atoms with Crippen molar-refractivity contribution in [1.82, 2.24) is 10.2 Å². The van der Waals surface area contributed by atoms with E-state index in [1.807, 2.05) is 0 Å². The van der Waals surface area contributed by atoms with E-state index in [4.69, 9.17) is 10.5 Å². The molecule has 1 aliphatic heterocycles. The number of hydrogen-bond acceptors (Lipinski definition) is 4. The van der Waals surface area contributed by atoms with Crippen molar-refractivity contribution in [3.05, 3.63) is 0 Å². The molecule has 18 heavy (non-hydrogen) atoms. The van der Waals surface area contributed by atoms with Gasteiger partial charge < -0.3 is 15.8 Å². The average molecular weight is 255 g/mol. The van der Waals surface area contributed by atoms with Gasteiger partial charge in [0, 0.05) is 25.2 Å². The van der Waals surface area contributed by atoms with E-state index in [1.54, 1.807) is 0 Å². The number of morpholine rings is 1. The lowest BCUT2D eigenvalue weighted by molar-refractivity contribution is -0.120. The minimum atomic E-state index is -0.219. The molecule has 0 radical (unpaired) electrons. The van der Waals surface area contributed by atoms with Gasteiger partial charge in [-0.3, -0.25) is 9.69 Å². The molecule has 2 unspecified atom stereocenters. The molecule has 5 nitrogen and oxygen atoms in total. The van der Waals surface area contributed by atoms with Crippen LogP contribution in [0.3, 0.4) is 0 Å². The van der Waals surface area contributed by atoms with E-state index in [0.29, 0.717) is 12.1 Å². The molecule has 2 rings (SSSR count). The number of carbonyl (C=O) groups is 1. The standard InChI is InChI=1S/C13H25N3O2/c1-2-11-9-18-8-7-16(11)6-5-12(13(14)17)15-10-3-4-10/h10-12,15H,2-9H2,1H3,(H2,14,17). The topological polar surface area (TPSA) is 67.6 Å². The zero-order valence-electron chi connectivity index (χ0n) is 11.2. The largest absolute Gasteiger partial charge is 0.378 e. The Kier molecular flexibility index (Phi) is 4.97. The summed E-state index contributed by atoms with van der Waals surface area (Å²) < 4.78 is 5.48. The fourth-order valence-electron chi connectivity index (χ4n) is 2.50. The molecule has 1 saturated carbocycles. The maximum Gasteiger partial charge on any atom is 0.234 e. The Morgan fingerprint density at radius 3 is 2.94 bits per heavy atom. The molecule has 0 aromatic rings. The summed E-state index contributed by atoms with van der Waals surface area (Å²) in [7, 11) is 0. The first-order chi connectivity index (χ1) is 8.70. The molecule has 1 amide bonds. The third-order valence-electron chi connectivity index (χ3n) is 3.88. The predicted molar refractivity (Wildman–Crippen MR) is 70.2 cm³/mol. The SMILES string of the molecule is CCC1COCCN1CCC(NC1CC1)C(N)=O. The molecule has 2 fully saturated rings. The smallest absolute Gasteiger partial charge is 0.234 e. The zero-order valence-corrected chi connectivity index (χ0v) is 11.2. The van der Waals surface area contributed by atoms with Gasteiger partial charge in [-0.2, -0.15) is 0 Å². The molecule has 2 atom stereocenters. The van der Waals surface area contributed by atoms with E-state index in [-0.39, 0.29) is 11.9 Å². The van der Waals surface area contributed by atoms with Crippen LogP contribution in [0.1, 0.15) is 32.6 Å². The number of nitrogens with one attached hydrogen (secondary N) is 1. The maximum absolute atomic E-state index is 11.4. The lowest BCUT2D eigenvalue weighted by atomic mass is 10.1. The van der Waals surface area contributed by atoms with Gasteiger partial charge in [-0.1, -0.05) is 6.92 Å². The average Bonchev–Trinajstić information content (AvgIpc) is 3.18. The van der Waals surface area contributed by atoms with Crippen molar-refractivity contribution in [3.8, 4) is 0 Å². The van der Waals surface area contributed by atoms with Gasteiger partial charge >= 0.3 is 0 Å². The predicted octanol–water partition coefficient (Wildman–Crippen LogP) is 0.0932. The highest BCUT2D eigenvalue weighted by molar-refractivity contribution is 5.79. The Hall–Kier alpha value is -0.650. The third kappa shape index (κ3) is 3.93. The summed E-state index contributed by atoms with van der Waals surface area (Å²) in [6.07, 6.45) is 4.26. The van der Waals surface area contributed by atoms with Gasteiger partial charge in [-0.25, -0.2) is 0 Å². The van der Waals surface area contributed by atoms with Crippen LogP contribution in [0.4, 0.5) is 0 Å². The number of carbonyl (C=O) groups excluding carboxylic acids is 1. The van der Waals surface area contributed by atoms with E-state index in [0.717, 1.165) is 39.1 Å². The molecular formula is C13H25N3O2. The summed E-state index contributed by atoms with van der Waals surface area (Å²) in [6.45, 7) is 5.69. The highest BCUT2D eigenvalue weighted by atomic mass is 16.5. The highest BCUT2D eigenvalue weighted by Crippen LogP contribution is 2.20. The molecule has 1 aliphatic carbocycles. The Bertz CT molecular complexity index is 281. The molecule has 1 saturated heterocycles. The zero-order chi connectivity index (χ0) is 13.0. The summed E-state index contributed by atoms with van der Waals surface area (Å²) in [5, 5.41) is 3.33. The number of hydrogen-bond donors (Lipinski definition) is 2. The summed E-state index contributed by atoms with van der Waals surface area (Å²) >= 11 is 0. The molecule has 0 bridgehead atoms. The second-order valence-electron chi connectivity index (χ2n) is 5.36. The minimum absolute atomic E-state index is 0.169. The number of rotatable bonds is 7. The first-order valence-electron chi connectivity index (χ1n) is 7.08. The first kappa shape index (κ1) is 13.8. The maximum atomic E-state index is 11.4. The second kappa shape index (κ2) is 6.50. The summed E-state index contributed by atoms with van der Waals surface area (Å²) in [5.74, 6) is -0.219. The highest BCUT2D eigenvalue weighted by Gasteiger charge is 2.28. The number of nitrogens with zero attached hydrogens (tertiary/aromatic N) is 1. The van der Waals surface area contributed by atoms with Crippen molar-refractivity contribution in [2.24, 2.45) is 5.73 Å². The van der Waals surface area contributed by atoms with Gasteiger partial charge in [0.2, 0.25) is 5.91 Å². The quantitative estimate of drug-likeness (QED) is 0.677. The molecular weight excluding hydrogens is 230 g/mol. The normalized spacial score (nSPS) is 27.1. The van der Waals surface area contributed by atoms with Crippen LogP contribution in [0, 0.1) is 0 Å². The first-order valence-corrected chi connectivity index (χ1v) is 7.08. The fourth-order valence-corrected chi connectivity index (χ4v) is 2.50. The Morgan fingerprint density at radius 1 is 1.56 bits per heavy atom. The van der Waals surface area contributed by atoms with Gasteiger partial charge in [0.15, 0.2) is 0 Å². The Balaban J connectivity index is 1.77. The minimum Gasteiger partial charge on any atom is -0.378 e.